The Hall–Kier alpha value is -2.14. The van der Waals surface area contributed by atoms with Crippen molar-refractivity contribution >= 4 is 0 Å². The van der Waals surface area contributed by atoms with E-state index in [-0.39, 0.29) is 11.5 Å². The second kappa shape index (κ2) is 11.3. The van der Waals surface area contributed by atoms with Crippen molar-refractivity contribution in [3.63, 3.8) is 0 Å². The molecule has 30 heavy (non-hydrogen) atoms. The van der Waals surface area contributed by atoms with Gasteiger partial charge < -0.3 is 0 Å². The topological polar surface area (TPSA) is 0 Å². The molecule has 0 heterocycles. The summed E-state index contributed by atoms with van der Waals surface area (Å²) in [5.74, 6) is 5.62. The Labute approximate surface area is 181 Å². The number of unbranched alkanes of at least 4 members (excludes halogenated alkanes) is 2. The Morgan fingerprint density at radius 2 is 1.47 bits per heavy atom. The standard InChI is InChI=1S/C28H34F2/c1-3-5-7-21-9-11-23(12-10-21)15-18-26-27(29)19-25(20-28(26)30)24-16-13-22(14-17-24)8-6-4-2/h9-12,19-20,22,24H,3-8,13-14,16-17H2,1-2H3. The lowest BCUT2D eigenvalue weighted by Crippen LogP contribution is -2.14. The molecule has 0 amide bonds. The molecular formula is C28H34F2. The number of aryl methyl sites for hydroxylation is 1. The molecule has 0 aromatic heterocycles. The molecule has 0 nitrogen and oxygen atoms in total. The van der Waals surface area contributed by atoms with Gasteiger partial charge in [0, 0.05) is 5.56 Å². The zero-order chi connectivity index (χ0) is 21.3. The SMILES string of the molecule is CCCCc1ccc(C#Cc2c(F)cc(C3CCC(CCCC)CC3)cc2F)cc1. The lowest BCUT2D eigenvalue weighted by molar-refractivity contribution is 0.303. The Morgan fingerprint density at radius 1 is 0.833 bits per heavy atom. The summed E-state index contributed by atoms with van der Waals surface area (Å²) in [4.78, 5) is 0. The first kappa shape index (κ1) is 22.5. The maximum Gasteiger partial charge on any atom is 0.142 e. The van der Waals surface area contributed by atoms with E-state index in [2.05, 4.69) is 25.7 Å². The molecule has 160 valence electrons. The van der Waals surface area contributed by atoms with Gasteiger partial charge in [0.25, 0.3) is 0 Å². The first-order valence-corrected chi connectivity index (χ1v) is 11.7. The zero-order valence-electron chi connectivity index (χ0n) is 18.4. The van der Waals surface area contributed by atoms with E-state index in [4.69, 9.17) is 0 Å². The van der Waals surface area contributed by atoms with Crippen LogP contribution in [0.3, 0.4) is 0 Å². The van der Waals surface area contributed by atoms with Gasteiger partial charge in [-0.05, 0) is 85.8 Å². The maximum absolute atomic E-state index is 14.7. The molecule has 1 saturated carbocycles. The highest BCUT2D eigenvalue weighted by molar-refractivity contribution is 5.46. The quantitative estimate of drug-likeness (QED) is 0.405. The minimum Gasteiger partial charge on any atom is -0.206 e. The van der Waals surface area contributed by atoms with Gasteiger partial charge in [0.15, 0.2) is 0 Å². The third-order valence-electron chi connectivity index (χ3n) is 6.45. The predicted octanol–water partition coefficient (Wildman–Crippen LogP) is 8.17. The number of rotatable bonds is 7. The predicted molar refractivity (Wildman–Crippen MR) is 122 cm³/mol. The van der Waals surface area contributed by atoms with Gasteiger partial charge in [-0.3, -0.25) is 0 Å². The monoisotopic (exact) mass is 408 g/mol. The van der Waals surface area contributed by atoms with Gasteiger partial charge in [-0.25, -0.2) is 8.78 Å². The fourth-order valence-electron chi connectivity index (χ4n) is 4.50. The smallest absolute Gasteiger partial charge is 0.142 e. The van der Waals surface area contributed by atoms with Crippen molar-refractivity contribution in [3.05, 3.63) is 70.3 Å². The summed E-state index contributed by atoms with van der Waals surface area (Å²) in [6.45, 7) is 4.40. The molecule has 3 rings (SSSR count). The Morgan fingerprint density at radius 3 is 2.07 bits per heavy atom. The van der Waals surface area contributed by atoms with Crippen LogP contribution in [-0.2, 0) is 6.42 Å². The van der Waals surface area contributed by atoms with Crippen LogP contribution in [0.2, 0.25) is 0 Å². The lowest BCUT2D eigenvalue weighted by atomic mass is 9.77. The van der Waals surface area contributed by atoms with Gasteiger partial charge in [0.2, 0.25) is 0 Å². The van der Waals surface area contributed by atoms with E-state index < -0.39 is 11.6 Å². The first-order chi connectivity index (χ1) is 14.6. The zero-order valence-corrected chi connectivity index (χ0v) is 18.4. The van der Waals surface area contributed by atoms with Crippen LogP contribution in [0.15, 0.2) is 36.4 Å². The molecule has 2 aromatic rings. The van der Waals surface area contributed by atoms with Gasteiger partial charge in [-0.15, -0.1) is 0 Å². The minimum absolute atomic E-state index is 0.120. The highest BCUT2D eigenvalue weighted by atomic mass is 19.1. The Bertz CT molecular complexity index is 839. The van der Waals surface area contributed by atoms with Gasteiger partial charge in [0.1, 0.15) is 11.6 Å². The van der Waals surface area contributed by atoms with Crippen LogP contribution in [0.25, 0.3) is 0 Å². The average Bonchev–Trinajstić information content (AvgIpc) is 2.76. The molecule has 0 spiro atoms. The number of hydrogen-bond acceptors (Lipinski definition) is 0. The summed E-state index contributed by atoms with van der Waals surface area (Å²) < 4.78 is 29.3. The third kappa shape index (κ3) is 6.18. The molecule has 0 N–H and O–H groups in total. The van der Waals surface area contributed by atoms with Gasteiger partial charge >= 0.3 is 0 Å². The van der Waals surface area contributed by atoms with E-state index in [1.54, 1.807) is 0 Å². The normalized spacial score (nSPS) is 18.7. The van der Waals surface area contributed by atoms with Gasteiger partial charge in [0.05, 0.1) is 5.56 Å². The van der Waals surface area contributed by atoms with Crippen molar-refractivity contribution in [2.45, 2.75) is 84.0 Å². The van der Waals surface area contributed by atoms with Crippen LogP contribution < -0.4 is 0 Å². The minimum atomic E-state index is -0.537. The van der Waals surface area contributed by atoms with Gasteiger partial charge in [-0.1, -0.05) is 63.5 Å². The molecule has 1 aliphatic carbocycles. The molecule has 0 atom stereocenters. The highest BCUT2D eigenvalue weighted by Gasteiger charge is 2.23. The summed E-state index contributed by atoms with van der Waals surface area (Å²) in [6, 6.07) is 11.0. The first-order valence-electron chi connectivity index (χ1n) is 11.7. The summed E-state index contributed by atoms with van der Waals surface area (Å²) >= 11 is 0. The number of hydrogen-bond donors (Lipinski definition) is 0. The van der Waals surface area contributed by atoms with Gasteiger partial charge in [-0.2, -0.15) is 0 Å². The Kier molecular flexibility index (Phi) is 8.50. The van der Waals surface area contributed by atoms with Crippen LogP contribution >= 0.6 is 0 Å². The van der Waals surface area contributed by atoms with E-state index in [9.17, 15) is 8.78 Å². The summed E-state index contributed by atoms with van der Waals surface area (Å²) in [6.07, 6.45) is 11.6. The van der Waals surface area contributed by atoms with Crippen molar-refractivity contribution in [1.82, 2.24) is 0 Å². The Balaban J connectivity index is 1.66. The van der Waals surface area contributed by atoms with E-state index in [0.717, 1.165) is 49.1 Å². The van der Waals surface area contributed by atoms with E-state index >= 15 is 0 Å². The number of benzene rings is 2. The molecule has 1 aliphatic rings. The average molecular weight is 409 g/mol. The van der Waals surface area contributed by atoms with E-state index in [1.165, 1.54) is 49.8 Å². The van der Waals surface area contributed by atoms with Crippen molar-refractivity contribution in [2.24, 2.45) is 5.92 Å². The molecule has 2 heteroatoms. The third-order valence-corrected chi connectivity index (χ3v) is 6.45. The highest BCUT2D eigenvalue weighted by Crippen LogP contribution is 2.38. The second-order valence-electron chi connectivity index (χ2n) is 8.77. The molecule has 0 unspecified atom stereocenters. The summed E-state index contributed by atoms with van der Waals surface area (Å²) in [5.41, 5.74) is 2.73. The van der Waals surface area contributed by atoms with Crippen molar-refractivity contribution in [3.8, 4) is 11.8 Å². The van der Waals surface area contributed by atoms with Crippen molar-refractivity contribution in [1.29, 1.82) is 0 Å². The fraction of sp³-hybridized carbons (Fsp3) is 0.500. The molecule has 0 radical (unpaired) electrons. The molecular weight excluding hydrogens is 374 g/mol. The lowest BCUT2D eigenvalue weighted by Gasteiger charge is -2.29. The van der Waals surface area contributed by atoms with E-state index in [0.29, 0.717) is 0 Å². The maximum atomic E-state index is 14.7. The van der Waals surface area contributed by atoms with Crippen LogP contribution in [0.1, 0.15) is 99.8 Å². The van der Waals surface area contributed by atoms with Crippen LogP contribution in [-0.4, -0.2) is 0 Å². The number of halogens is 2. The summed E-state index contributed by atoms with van der Waals surface area (Å²) in [7, 11) is 0. The fourth-order valence-corrected chi connectivity index (χ4v) is 4.50. The molecule has 0 aliphatic heterocycles. The second-order valence-corrected chi connectivity index (χ2v) is 8.77. The molecule has 0 saturated heterocycles. The molecule has 2 aromatic carbocycles. The largest absolute Gasteiger partial charge is 0.206 e. The van der Waals surface area contributed by atoms with Crippen LogP contribution in [0.5, 0.6) is 0 Å². The summed E-state index contributed by atoms with van der Waals surface area (Å²) in [5, 5.41) is 0. The molecule has 1 fully saturated rings. The van der Waals surface area contributed by atoms with Crippen LogP contribution in [0.4, 0.5) is 8.78 Å². The van der Waals surface area contributed by atoms with Crippen LogP contribution in [0, 0.1) is 29.4 Å². The van der Waals surface area contributed by atoms with Crippen molar-refractivity contribution in [2.75, 3.05) is 0 Å². The molecule has 0 bridgehead atoms. The van der Waals surface area contributed by atoms with E-state index in [1.807, 2.05) is 24.3 Å². The van der Waals surface area contributed by atoms with Crippen molar-refractivity contribution < 1.29 is 8.78 Å².